The molecule has 2 N–H and O–H groups in total. The molecule has 3 aromatic carbocycles. The third kappa shape index (κ3) is 17.9. The fraction of sp³-hybridized carbons (Fsp3) is 0.518. The van der Waals surface area contributed by atoms with Crippen LogP contribution < -0.4 is 20.1 Å². The molecule has 19 nitrogen and oxygen atoms in total. The molecule has 4 aromatic rings. The van der Waals surface area contributed by atoms with Crippen LogP contribution in [0, 0.1) is 0 Å². The van der Waals surface area contributed by atoms with Crippen molar-refractivity contribution in [3.05, 3.63) is 94.9 Å². The second-order valence-corrected chi connectivity index (χ2v) is 21.1. The predicted molar refractivity (Wildman–Crippen MR) is 289 cm³/mol. The average molecular weight is 1110 g/mol. The average Bonchev–Trinajstić information content (AvgIpc) is 3.74. The molecule has 1 fully saturated rings. The Labute approximate surface area is 460 Å². The highest BCUT2D eigenvalue weighted by Gasteiger charge is 2.37. The number of halogens is 3. The maximum absolute atomic E-state index is 14.8. The van der Waals surface area contributed by atoms with E-state index >= 15 is 0 Å². The molecule has 22 heteroatoms. The van der Waals surface area contributed by atoms with Gasteiger partial charge in [-0.1, -0.05) is 42.6 Å². The number of esters is 1. The van der Waals surface area contributed by atoms with Crippen LogP contribution in [0.25, 0.3) is 11.3 Å². The number of rotatable bonds is 25. The molecule has 1 aromatic heterocycles. The highest BCUT2D eigenvalue weighted by atomic mass is 35.5. The Morgan fingerprint density at radius 2 is 1.53 bits per heavy atom. The molecule has 1 unspecified atom stereocenters. The van der Waals surface area contributed by atoms with E-state index < -0.39 is 91.1 Å². The van der Waals surface area contributed by atoms with Crippen molar-refractivity contribution in [2.24, 2.45) is 7.05 Å². The third-order valence-electron chi connectivity index (χ3n) is 13.5. The standard InChI is InChI=1S/C56H75ClF2N8O11/c1-35(52(71)61-43(34-74-10)53(72)64(7)39(30-51(70)75-11)29-36-19-23-38(57)24-20-36)67(50(69)28-27-49(68)66(9)44-16-13-12-15-42(44)62-55(73)78-56(2,3)4)32-41-46(17-14-18-47(41)77-54(58)59)76-40-25-21-37(22-26-40)45-31-60-48(65(45)8)33-63(5)6/h14,17-26,31,35,39,42-44,54H,12-13,15-16,27-30,32-34H2,1-11H3,(H,61,71)(H,62,73)/t35-,39?,42-,43-,44-/m0/s1. The van der Waals surface area contributed by atoms with Gasteiger partial charge in [0.2, 0.25) is 23.6 Å². The second-order valence-electron chi connectivity index (χ2n) is 20.6. The van der Waals surface area contributed by atoms with Crippen molar-refractivity contribution < 1.29 is 61.2 Å². The van der Waals surface area contributed by atoms with Crippen LogP contribution in [0.2, 0.25) is 5.02 Å². The Balaban J connectivity index is 1.47. The highest BCUT2D eigenvalue weighted by Crippen LogP contribution is 2.36. The van der Waals surface area contributed by atoms with E-state index in [0.717, 1.165) is 40.4 Å². The van der Waals surface area contributed by atoms with E-state index in [1.54, 1.807) is 70.4 Å². The number of methoxy groups -OCH3 is 2. The molecule has 1 saturated carbocycles. The Morgan fingerprint density at radius 1 is 0.872 bits per heavy atom. The number of amides is 5. The minimum absolute atomic E-state index is 0.0168. The van der Waals surface area contributed by atoms with Gasteiger partial charge in [0, 0.05) is 57.7 Å². The van der Waals surface area contributed by atoms with Crippen molar-refractivity contribution in [2.45, 2.75) is 135 Å². The number of alkyl carbamates (subject to hydrolysis) is 1. The number of likely N-dealkylation sites (N-methyl/N-ethyl adjacent to an activating group) is 2. The number of nitrogens with zero attached hydrogens (tertiary/aromatic N) is 6. The maximum atomic E-state index is 14.8. The number of alkyl halides is 2. The molecule has 1 heterocycles. The van der Waals surface area contributed by atoms with Gasteiger partial charge in [-0.05, 0) is 115 Å². The first-order chi connectivity index (χ1) is 36.9. The van der Waals surface area contributed by atoms with Gasteiger partial charge < -0.3 is 58.5 Å². The summed E-state index contributed by atoms with van der Waals surface area (Å²) in [4.78, 5) is 93.8. The van der Waals surface area contributed by atoms with Crippen molar-refractivity contribution in [1.82, 2.24) is 39.8 Å². The number of imidazole rings is 1. The lowest BCUT2D eigenvalue weighted by molar-refractivity contribution is -0.146. The number of nitrogens with one attached hydrogen (secondary N) is 2. The SMILES string of the molecule is COC[C@H](NC(=O)[C@H](C)N(Cc1c(Oc2ccc(-c3cnc(CN(C)C)n3C)cc2)cccc1OC(F)F)C(=O)CCC(=O)N(C)[C@H]1CCCC[C@@H]1NC(=O)OC(C)(C)C)C(=O)N(C)C(CC(=O)OC)Cc1ccc(Cl)cc1. The molecular weight excluding hydrogens is 1030 g/mol. The van der Waals surface area contributed by atoms with Crippen molar-refractivity contribution in [3.8, 4) is 28.5 Å². The number of carbonyl (C=O) groups excluding carboxylic acids is 6. The van der Waals surface area contributed by atoms with Crippen molar-refractivity contribution in [3.63, 3.8) is 0 Å². The number of carbonyl (C=O) groups is 6. The molecular formula is C56H75ClF2N8O11. The topological polar surface area (TPSA) is 203 Å². The lowest BCUT2D eigenvalue weighted by Crippen LogP contribution is -2.57. The molecule has 0 aliphatic heterocycles. The summed E-state index contributed by atoms with van der Waals surface area (Å²) in [5, 5.41) is 6.12. The number of benzene rings is 3. The Kier molecular flexibility index (Phi) is 22.8. The zero-order valence-electron chi connectivity index (χ0n) is 46.5. The van der Waals surface area contributed by atoms with Crippen LogP contribution in [0.5, 0.6) is 17.2 Å². The van der Waals surface area contributed by atoms with Crippen LogP contribution in [0.15, 0.2) is 72.9 Å². The molecule has 5 atom stereocenters. The molecule has 426 valence electrons. The fourth-order valence-electron chi connectivity index (χ4n) is 9.22. The molecule has 0 saturated heterocycles. The first-order valence-electron chi connectivity index (χ1n) is 25.8. The van der Waals surface area contributed by atoms with Gasteiger partial charge in [0.15, 0.2) is 0 Å². The van der Waals surface area contributed by atoms with Gasteiger partial charge in [0.1, 0.15) is 40.8 Å². The lowest BCUT2D eigenvalue weighted by atomic mass is 9.89. The minimum atomic E-state index is -3.30. The number of ether oxygens (including phenoxy) is 5. The van der Waals surface area contributed by atoms with Crippen LogP contribution in [-0.2, 0) is 64.7 Å². The van der Waals surface area contributed by atoms with Crippen LogP contribution >= 0.6 is 11.6 Å². The van der Waals surface area contributed by atoms with E-state index in [2.05, 4.69) is 15.6 Å². The maximum Gasteiger partial charge on any atom is 0.407 e. The molecule has 5 amide bonds. The summed E-state index contributed by atoms with van der Waals surface area (Å²) >= 11 is 6.12. The van der Waals surface area contributed by atoms with E-state index in [1.165, 1.54) is 56.2 Å². The zero-order chi connectivity index (χ0) is 57.4. The molecule has 0 radical (unpaired) electrons. The summed E-state index contributed by atoms with van der Waals surface area (Å²) in [7, 11) is 11.4. The van der Waals surface area contributed by atoms with E-state index in [1.807, 2.05) is 42.7 Å². The van der Waals surface area contributed by atoms with E-state index in [4.69, 9.17) is 35.3 Å². The quantitative estimate of drug-likeness (QED) is 0.0611. The normalized spacial score (nSPS) is 15.6. The smallest absolute Gasteiger partial charge is 0.407 e. The van der Waals surface area contributed by atoms with Gasteiger partial charge in [-0.2, -0.15) is 8.78 Å². The molecule has 0 bridgehead atoms. The second kappa shape index (κ2) is 28.7. The zero-order valence-corrected chi connectivity index (χ0v) is 47.2. The van der Waals surface area contributed by atoms with Crippen molar-refractivity contribution >= 4 is 47.3 Å². The molecule has 0 spiro atoms. The minimum Gasteiger partial charge on any atom is -0.469 e. The number of hydrogen-bond donors (Lipinski definition) is 2. The van der Waals surface area contributed by atoms with Gasteiger partial charge in [-0.15, -0.1) is 0 Å². The fourth-order valence-corrected chi connectivity index (χ4v) is 9.34. The summed E-state index contributed by atoms with van der Waals surface area (Å²) in [6, 6.07) is 13.7. The van der Waals surface area contributed by atoms with E-state index in [-0.39, 0.29) is 42.9 Å². The molecule has 1 aliphatic carbocycles. The molecule has 5 rings (SSSR count). The van der Waals surface area contributed by atoms with Crippen molar-refractivity contribution in [2.75, 3.05) is 49.0 Å². The van der Waals surface area contributed by atoms with Crippen molar-refractivity contribution in [1.29, 1.82) is 0 Å². The van der Waals surface area contributed by atoms with Gasteiger partial charge in [-0.25, -0.2) is 9.78 Å². The largest absolute Gasteiger partial charge is 0.469 e. The van der Waals surface area contributed by atoms with Gasteiger partial charge in [0.05, 0.1) is 62.8 Å². The summed E-state index contributed by atoms with van der Waals surface area (Å²) in [5.74, 6) is -2.40. The van der Waals surface area contributed by atoms with E-state index in [9.17, 15) is 37.5 Å². The number of hydrogen-bond acceptors (Lipinski definition) is 13. The van der Waals surface area contributed by atoms with Gasteiger partial charge in [-0.3, -0.25) is 24.0 Å². The highest BCUT2D eigenvalue weighted by molar-refractivity contribution is 6.30. The molecule has 1 aliphatic rings. The first kappa shape index (κ1) is 62.0. The lowest BCUT2D eigenvalue weighted by Gasteiger charge is -2.38. The number of aromatic nitrogens is 2. The molecule has 78 heavy (non-hydrogen) atoms. The first-order valence-corrected chi connectivity index (χ1v) is 26.2. The van der Waals surface area contributed by atoms with Crippen LogP contribution in [0.4, 0.5) is 13.6 Å². The van der Waals surface area contributed by atoms with Gasteiger partial charge in [0.25, 0.3) is 0 Å². The van der Waals surface area contributed by atoms with Crippen LogP contribution in [0.1, 0.15) is 89.6 Å². The third-order valence-corrected chi connectivity index (χ3v) is 13.7. The summed E-state index contributed by atoms with van der Waals surface area (Å²) < 4.78 is 57.7. The van der Waals surface area contributed by atoms with Crippen LogP contribution in [-0.4, -0.2) is 156 Å². The van der Waals surface area contributed by atoms with Gasteiger partial charge >= 0.3 is 18.7 Å². The monoisotopic (exact) mass is 1110 g/mol. The summed E-state index contributed by atoms with van der Waals surface area (Å²) in [5.41, 5.74) is 1.65. The van der Waals surface area contributed by atoms with Crippen LogP contribution in [0.3, 0.4) is 0 Å². The summed E-state index contributed by atoms with van der Waals surface area (Å²) in [6.45, 7) is 3.09. The Bertz CT molecular complexity index is 2670. The summed E-state index contributed by atoms with van der Waals surface area (Å²) in [6.07, 6.45) is 3.17. The predicted octanol–water partition coefficient (Wildman–Crippen LogP) is 7.75. The van der Waals surface area contributed by atoms with E-state index in [0.29, 0.717) is 30.2 Å². The Hall–Kier alpha value is -6.84. The Morgan fingerprint density at radius 3 is 2.15 bits per heavy atom.